The number of halogens is 10. The van der Waals surface area contributed by atoms with E-state index in [9.17, 15) is 48.7 Å². The van der Waals surface area contributed by atoms with Gasteiger partial charge in [-0.2, -0.15) is 0 Å². The maximum absolute atomic E-state index is 14.4. The summed E-state index contributed by atoms with van der Waals surface area (Å²) in [7, 11) is 0. The van der Waals surface area contributed by atoms with E-state index in [1.165, 1.54) is 24.3 Å². The second kappa shape index (κ2) is 9.08. The van der Waals surface area contributed by atoms with Crippen LogP contribution in [0, 0.1) is 58.2 Å². The zero-order valence-electron chi connectivity index (χ0n) is 16.7. The highest BCUT2D eigenvalue weighted by molar-refractivity contribution is 8.19. The Morgan fingerprint density at radius 2 is 0.914 bits per heavy atom. The summed E-state index contributed by atoms with van der Waals surface area (Å²) in [5.41, 5.74) is 0.250. The predicted octanol–water partition coefficient (Wildman–Crippen LogP) is 7.41. The summed E-state index contributed by atoms with van der Waals surface area (Å²) in [6.45, 7) is 0. The topological polar surface area (TPSA) is 17.1 Å². The average Bonchev–Trinajstić information content (AvgIpc) is 2.86. The molecule has 3 aromatic rings. The van der Waals surface area contributed by atoms with Crippen LogP contribution in [0.1, 0.15) is 17.9 Å². The number of thioether (sulfide) groups is 2. The molecule has 0 aromatic heterocycles. The summed E-state index contributed by atoms with van der Waals surface area (Å²) >= 11 is -0.496. The summed E-state index contributed by atoms with van der Waals surface area (Å²) in [4.78, 5) is 9.71. The lowest BCUT2D eigenvalue weighted by Gasteiger charge is -2.46. The third-order valence-corrected chi connectivity index (χ3v) is 8.54. The van der Waals surface area contributed by atoms with Gasteiger partial charge < -0.3 is 0 Å². The predicted molar refractivity (Wildman–Crippen MR) is 106 cm³/mol. The summed E-state index contributed by atoms with van der Waals surface area (Å²) in [6, 6.07) is 7.29. The maximum Gasteiger partial charge on any atom is 0.200 e. The molecule has 0 radical (unpaired) electrons. The molecule has 184 valence electrons. The first-order chi connectivity index (χ1) is 16.4. The summed E-state index contributed by atoms with van der Waals surface area (Å²) in [5.74, 6) is -25.8. The molecule has 0 spiro atoms. The Morgan fingerprint density at radius 1 is 0.571 bits per heavy atom. The standard InChI is InChI=1S/C22H8F10OS2/c23-10-12(25)16(29)20(17(30)13(10)26)34-22(8(6-9(22)33)7-4-2-1-3-5-7)35-21-18(31)14(27)11(24)15(28)19(21)32/h1-5,8H,6H2. The largest absolute Gasteiger partial charge is 0.297 e. The number of Topliss-reactive ketones (excluding diaryl/α,β-unsaturated/α-hetero) is 1. The minimum atomic E-state index is -2.48. The van der Waals surface area contributed by atoms with Crippen LogP contribution in [-0.4, -0.2) is 9.86 Å². The fraction of sp³-hybridized carbons (Fsp3) is 0.136. The molecular weight excluding hydrogens is 534 g/mol. The van der Waals surface area contributed by atoms with Gasteiger partial charge in [0.05, 0.1) is 9.79 Å². The van der Waals surface area contributed by atoms with Gasteiger partial charge in [0.15, 0.2) is 52.3 Å². The SMILES string of the molecule is O=C1CC(c2ccccc2)C1(Sc1c(F)c(F)c(F)c(F)c1F)Sc1c(F)c(F)c(F)c(F)c1F. The quantitative estimate of drug-likeness (QED) is 0.145. The van der Waals surface area contributed by atoms with Crippen molar-refractivity contribution in [2.24, 2.45) is 0 Å². The van der Waals surface area contributed by atoms with Crippen molar-refractivity contribution in [3.8, 4) is 0 Å². The van der Waals surface area contributed by atoms with Gasteiger partial charge in [-0.3, -0.25) is 4.79 Å². The van der Waals surface area contributed by atoms with E-state index in [0.29, 0.717) is 0 Å². The molecular formula is C22H8F10OS2. The molecule has 0 bridgehead atoms. The van der Waals surface area contributed by atoms with Crippen LogP contribution in [0.25, 0.3) is 0 Å². The molecule has 1 atom stereocenters. The summed E-state index contributed by atoms with van der Waals surface area (Å²) in [5, 5.41) is 0. The van der Waals surface area contributed by atoms with E-state index in [4.69, 9.17) is 0 Å². The van der Waals surface area contributed by atoms with Crippen molar-refractivity contribution in [3.63, 3.8) is 0 Å². The first-order valence-electron chi connectivity index (χ1n) is 9.41. The molecule has 0 amide bonds. The molecule has 0 heterocycles. The molecule has 1 saturated carbocycles. The van der Waals surface area contributed by atoms with Gasteiger partial charge >= 0.3 is 0 Å². The fourth-order valence-electron chi connectivity index (χ4n) is 3.48. The van der Waals surface area contributed by atoms with E-state index >= 15 is 0 Å². The van der Waals surface area contributed by atoms with Gasteiger partial charge in [-0.15, -0.1) is 0 Å². The van der Waals surface area contributed by atoms with E-state index in [1.54, 1.807) is 6.07 Å². The number of hydrogen-bond acceptors (Lipinski definition) is 3. The number of hydrogen-bond donors (Lipinski definition) is 0. The molecule has 0 aliphatic heterocycles. The highest BCUT2D eigenvalue weighted by Crippen LogP contribution is 2.63. The molecule has 1 aliphatic carbocycles. The molecule has 35 heavy (non-hydrogen) atoms. The Morgan fingerprint density at radius 3 is 1.26 bits per heavy atom. The zero-order chi connectivity index (χ0) is 25.8. The van der Waals surface area contributed by atoms with Gasteiger partial charge in [0, 0.05) is 12.3 Å². The first-order valence-corrected chi connectivity index (χ1v) is 11.0. The van der Waals surface area contributed by atoms with Crippen molar-refractivity contribution in [3.05, 3.63) is 94.1 Å². The molecule has 0 saturated heterocycles. The molecule has 4 rings (SSSR count). The highest BCUT2D eigenvalue weighted by Gasteiger charge is 2.59. The smallest absolute Gasteiger partial charge is 0.200 e. The lowest BCUT2D eigenvalue weighted by molar-refractivity contribution is -0.125. The van der Waals surface area contributed by atoms with Crippen molar-refractivity contribution in [2.75, 3.05) is 0 Å². The van der Waals surface area contributed by atoms with Crippen LogP contribution in [0.15, 0.2) is 40.1 Å². The third-order valence-electron chi connectivity index (χ3n) is 5.29. The van der Waals surface area contributed by atoms with Crippen LogP contribution in [0.2, 0.25) is 0 Å². The number of benzene rings is 3. The maximum atomic E-state index is 14.4. The lowest BCUT2D eigenvalue weighted by Crippen LogP contribution is -2.49. The normalized spacial score (nSPS) is 17.0. The van der Waals surface area contributed by atoms with Crippen LogP contribution in [-0.2, 0) is 4.79 Å². The van der Waals surface area contributed by atoms with Crippen LogP contribution in [0.5, 0.6) is 0 Å². The van der Waals surface area contributed by atoms with E-state index in [-0.39, 0.29) is 29.1 Å². The molecule has 1 aliphatic rings. The Bertz CT molecular complexity index is 1230. The lowest BCUT2D eigenvalue weighted by atomic mass is 9.77. The van der Waals surface area contributed by atoms with Crippen molar-refractivity contribution in [1.29, 1.82) is 0 Å². The van der Waals surface area contributed by atoms with E-state index in [0.717, 1.165) is 0 Å². The molecule has 0 N–H and O–H groups in total. The molecule has 1 nitrogen and oxygen atoms in total. The van der Waals surface area contributed by atoms with Gasteiger partial charge in [0.25, 0.3) is 0 Å². The monoisotopic (exact) mass is 542 g/mol. The molecule has 1 fully saturated rings. The Labute approximate surface area is 198 Å². The van der Waals surface area contributed by atoms with Crippen molar-refractivity contribution >= 4 is 29.3 Å². The molecule has 3 aromatic carbocycles. The number of rotatable bonds is 5. The van der Waals surface area contributed by atoms with E-state index < -0.39 is 90.2 Å². The number of carbonyl (C=O) groups is 1. The van der Waals surface area contributed by atoms with Gasteiger partial charge in [-0.25, -0.2) is 43.9 Å². The van der Waals surface area contributed by atoms with Gasteiger partial charge in [-0.05, 0) is 5.56 Å². The van der Waals surface area contributed by atoms with Crippen LogP contribution >= 0.6 is 23.5 Å². The minimum Gasteiger partial charge on any atom is -0.297 e. The Balaban J connectivity index is 1.94. The number of ketones is 1. The van der Waals surface area contributed by atoms with E-state index in [1.807, 2.05) is 0 Å². The third kappa shape index (κ3) is 3.88. The second-order valence-corrected chi connectivity index (χ2v) is 10.0. The Kier molecular flexibility index (Phi) is 6.60. The van der Waals surface area contributed by atoms with E-state index in [2.05, 4.69) is 0 Å². The average molecular weight is 542 g/mol. The highest BCUT2D eigenvalue weighted by atomic mass is 32.2. The first kappa shape index (κ1) is 25.4. The summed E-state index contributed by atoms with van der Waals surface area (Å²) < 4.78 is 138. The second-order valence-electron chi connectivity index (χ2n) is 7.26. The van der Waals surface area contributed by atoms with Crippen molar-refractivity contribution in [2.45, 2.75) is 26.2 Å². The zero-order valence-corrected chi connectivity index (χ0v) is 18.3. The number of carbonyl (C=O) groups excluding carboxylic acids is 1. The van der Waals surface area contributed by atoms with Gasteiger partial charge in [0.2, 0.25) is 11.6 Å². The minimum absolute atomic E-state index is 0.248. The van der Waals surface area contributed by atoms with Crippen LogP contribution in [0.3, 0.4) is 0 Å². The molecule has 13 heteroatoms. The van der Waals surface area contributed by atoms with Crippen molar-refractivity contribution in [1.82, 2.24) is 0 Å². The molecule has 1 unspecified atom stereocenters. The Hall–Kier alpha value is -2.67. The summed E-state index contributed by atoms with van der Waals surface area (Å²) in [6.07, 6.45) is -0.408. The fourth-order valence-corrected chi connectivity index (χ4v) is 6.58. The van der Waals surface area contributed by atoms with Crippen LogP contribution in [0.4, 0.5) is 43.9 Å². The van der Waals surface area contributed by atoms with Gasteiger partial charge in [-0.1, -0.05) is 53.9 Å². The van der Waals surface area contributed by atoms with Crippen molar-refractivity contribution < 1.29 is 48.7 Å². The van der Waals surface area contributed by atoms with Crippen LogP contribution < -0.4 is 0 Å². The van der Waals surface area contributed by atoms with Gasteiger partial charge in [0.1, 0.15) is 4.08 Å².